The Kier molecular flexibility index (Phi) is 5.19. The molecule has 2 aromatic carbocycles. The second kappa shape index (κ2) is 6.93. The highest BCUT2D eigenvalue weighted by molar-refractivity contribution is 14.1. The number of carbonyl (C=O) groups is 1. The number of anilines is 1. The first-order chi connectivity index (χ1) is 10.4. The highest BCUT2D eigenvalue weighted by Gasteiger charge is 2.19. The van der Waals surface area contributed by atoms with E-state index in [0.29, 0.717) is 5.56 Å². The van der Waals surface area contributed by atoms with Crippen LogP contribution in [0.1, 0.15) is 10.4 Å². The fraction of sp³-hybridized carbons (Fsp3) is 0.0714. The zero-order chi connectivity index (χ0) is 16.3. The Morgan fingerprint density at radius 3 is 2.68 bits per heavy atom. The summed E-state index contributed by atoms with van der Waals surface area (Å²) in [6, 6.07) is 9.47. The van der Waals surface area contributed by atoms with Crippen molar-refractivity contribution in [3.05, 3.63) is 60.7 Å². The molecule has 0 radical (unpaired) electrons. The summed E-state index contributed by atoms with van der Waals surface area (Å²) < 4.78 is 5.99. The summed E-state index contributed by atoms with van der Waals surface area (Å²) in [6.45, 7) is 0. The number of benzene rings is 2. The van der Waals surface area contributed by atoms with Gasteiger partial charge in [0.2, 0.25) is 0 Å². The van der Waals surface area contributed by atoms with Gasteiger partial charge in [-0.1, -0.05) is 17.7 Å². The van der Waals surface area contributed by atoms with Crippen LogP contribution in [0, 0.1) is 13.7 Å². The molecule has 0 spiro atoms. The van der Waals surface area contributed by atoms with Gasteiger partial charge in [0.15, 0.2) is 0 Å². The number of nitro benzene ring substituents is 1. The number of hydrogen-bond acceptors (Lipinski definition) is 4. The summed E-state index contributed by atoms with van der Waals surface area (Å²) in [4.78, 5) is 22.5. The molecular formula is C14H10ClIN2O4. The molecule has 22 heavy (non-hydrogen) atoms. The fourth-order valence-corrected chi connectivity index (χ4v) is 2.55. The maximum Gasteiger partial charge on any atom is 0.291 e. The number of nitrogens with zero attached hydrogens (tertiary/aromatic N) is 1. The van der Waals surface area contributed by atoms with Crippen molar-refractivity contribution in [3.8, 4) is 5.75 Å². The third-order valence-electron chi connectivity index (χ3n) is 2.80. The minimum Gasteiger partial charge on any atom is -0.494 e. The van der Waals surface area contributed by atoms with E-state index in [1.807, 2.05) is 6.07 Å². The molecule has 0 atom stereocenters. The van der Waals surface area contributed by atoms with Gasteiger partial charge in [0.1, 0.15) is 10.8 Å². The molecule has 0 fully saturated rings. The minimum absolute atomic E-state index is 0.0799. The van der Waals surface area contributed by atoms with Crippen molar-refractivity contribution >= 4 is 51.5 Å². The Hall–Kier alpha value is -1.87. The third-order valence-corrected chi connectivity index (χ3v) is 3.77. The number of halogens is 2. The number of amides is 1. The largest absolute Gasteiger partial charge is 0.494 e. The van der Waals surface area contributed by atoms with Crippen molar-refractivity contribution in [2.75, 3.05) is 12.4 Å². The molecule has 0 aliphatic rings. The third kappa shape index (κ3) is 3.66. The van der Waals surface area contributed by atoms with E-state index in [-0.39, 0.29) is 28.1 Å². The number of hydrogen-bond donors (Lipinski definition) is 1. The van der Waals surface area contributed by atoms with Gasteiger partial charge in [-0.2, -0.15) is 0 Å². The van der Waals surface area contributed by atoms with Gasteiger partial charge in [-0.05, 0) is 46.9 Å². The number of methoxy groups -OCH3 is 1. The van der Waals surface area contributed by atoms with Crippen LogP contribution in [0.25, 0.3) is 0 Å². The molecule has 6 nitrogen and oxygen atoms in total. The van der Waals surface area contributed by atoms with Crippen LogP contribution in [0.2, 0.25) is 5.02 Å². The van der Waals surface area contributed by atoms with Crippen LogP contribution >= 0.6 is 34.2 Å². The zero-order valence-electron chi connectivity index (χ0n) is 11.3. The molecule has 0 bridgehead atoms. The Bertz CT molecular complexity index is 752. The molecule has 0 unspecified atom stereocenters. The van der Waals surface area contributed by atoms with Gasteiger partial charge >= 0.3 is 0 Å². The summed E-state index contributed by atoms with van der Waals surface area (Å²) in [5.74, 6) is -0.197. The van der Waals surface area contributed by atoms with Gasteiger partial charge < -0.3 is 10.1 Å². The van der Waals surface area contributed by atoms with E-state index >= 15 is 0 Å². The molecule has 0 saturated heterocycles. The number of nitrogens with one attached hydrogen (secondary N) is 1. The van der Waals surface area contributed by atoms with Crippen molar-refractivity contribution in [1.29, 1.82) is 0 Å². The molecule has 0 heterocycles. The van der Waals surface area contributed by atoms with Crippen molar-refractivity contribution in [1.82, 2.24) is 0 Å². The average molecular weight is 433 g/mol. The topological polar surface area (TPSA) is 81.5 Å². The number of nitro groups is 1. The first-order valence-corrected chi connectivity index (χ1v) is 7.47. The van der Waals surface area contributed by atoms with Crippen LogP contribution in [0.3, 0.4) is 0 Å². The predicted molar refractivity (Wildman–Crippen MR) is 91.8 cm³/mol. The minimum atomic E-state index is -0.615. The lowest BCUT2D eigenvalue weighted by Crippen LogP contribution is -2.13. The highest BCUT2D eigenvalue weighted by Crippen LogP contribution is 2.35. The van der Waals surface area contributed by atoms with Crippen molar-refractivity contribution in [3.63, 3.8) is 0 Å². The Balaban J connectivity index is 2.35. The predicted octanol–water partition coefficient (Wildman–Crippen LogP) is 4.11. The summed E-state index contributed by atoms with van der Waals surface area (Å²) in [5.41, 5.74) is 0.441. The van der Waals surface area contributed by atoms with Crippen molar-refractivity contribution in [2.24, 2.45) is 0 Å². The summed E-state index contributed by atoms with van der Waals surface area (Å²) in [5, 5.41) is 13.4. The van der Waals surface area contributed by atoms with Gasteiger partial charge in [-0.25, -0.2) is 0 Å². The van der Waals surface area contributed by atoms with Crippen LogP contribution in [-0.2, 0) is 0 Å². The second-order valence-corrected chi connectivity index (χ2v) is 5.88. The number of rotatable bonds is 4. The second-order valence-electron chi connectivity index (χ2n) is 4.23. The van der Waals surface area contributed by atoms with Gasteiger partial charge in [-0.3, -0.25) is 14.9 Å². The lowest BCUT2D eigenvalue weighted by molar-refractivity contribution is -0.384. The van der Waals surface area contributed by atoms with Gasteiger partial charge in [0.25, 0.3) is 11.6 Å². The Morgan fingerprint density at radius 1 is 1.36 bits per heavy atom. The molecule has 0 saturated carbocycles. The lowest BCUT2D eigenvalue weighted by atomic mass is 10.2. The maximum absolute atomic E-state index is 12.2. The Morgan fingerprint density at radius 2 is 2.09 bits per heavy atom. The first kappa shape index (κ1) is 16.5. The summed E-state index contributed by atoms with van der Waals surface area (Å²) in [7, 11) is 1.36. The van der Waals surface area contributed by atoms with Crippen LogP contribution in [0.4, 0.5) is 11.4 Å². The molecule has 2 rings (SSSR count). The number of carbonyl (C=O) groups excluding carboxylic acids is 1. The van der Waals surface area contributed by atoms with E-state index in [1.54, 1.807) is 18.2 Å². The molecule has 2 aromatic rings. The quantitative estimate of drug-likeness (QED) is 0.448. The molecule has 1 N–H and O–H groups in total. The zero-order valence-corrected chi connectivity index (χ0v) is 14.2. The van der Waals surface area contributed by atoms with Crippen molar-refractivity contribution < 1.29 is 14.5 Å². The smallest absolute Gasteiger partial charge is 0.291 e. The normalized spacial score (nSPS) is 10.1. The molecule has 1 amide bonds. The van der Waals surface area contributed by atoms with Gasteiger partial charge in [-0.15, -0.1) is 0 Å². The van der Waals surface area contributed by atoms with Crippen LogP contribution < -0.4 is 10.1 Å². The van der Waals surface area contributed by atoms with E-state index < -0.39 is 4.92 Å². The molecule has 114 valence electrons. The SMILES string of the molecule is COc1cc([N+](=O)[O-])c(Cl)cc1NC(=O)c1cccc(I)c1. The van der Waals surface area contributed by atoms with E-state index in [1.165, 1.54) is 19.2 Å². The molecule has 8 heteroatoms. The summed E-state index contributed by atoms with van der Waals surface area (Å²) in [6.07, 6.45) is 0. The molecule has 0 aliphatic heterocycles. The maximum atomic E-state index is 12.2. The fourth-order valence-electron chi connectivity index (χ4n) is 1.77. The standard InChI is InChI=1S/C14H10ClIN2O4/c1-22-13-7-12(18(20)21)10(15)6-11(13)17-14(19)8-3-2-4-9(16)5-8/h2-7H,1H3,(H,17,19). The molecule has 0 aromatic heterocycles. The van der Waals surface area contributed by atoms with Crippen molar-refractivity contribution in [2.45, 2.75) is 0 Å². The van der Waals surface area contributed by atoms with E-state index in [4.69, 9.17) is 16.3 Å². The van der Waals surface area contributed by atoms with E-state index in [9.17, 15) is 14.9 Å². The van der Waals surface area contributed by atoms with Crippen LogP contribution in [-0.4, -0.2) is 17.9 Å². The van der Waals surface area contributed by atoms with Crippen LogP contribution in [0.5, 0.6) is 5.75 Å². The van der Waals surface area contributed by atoms with E-state index in [2.05, 4.69) is 27.9 Å². The number of ether oxygens (including phenoxy) is 1. The summed E-state index contributed by atoms with van der Waals surface area (Å²) >= 11 is 7.96. The lowest BCUT2D eigenvalue weighted by Gasteiger charge is -2.11. The highest BCUT2D eigenvalue weighted by atomic mass is 127. The molecular weight excluding hydrogens is 423 g/mol. The van der Waals surface area contributed by atoms with Gasteiger partial charge in [0.05, 0.1) is 23.8 Å². The van der Waals surface area contributed by atoms with E-state index in [0.717, 1.165) is 3.57 Å². The average Bonchev–Trinajstić information content (AvgIpc) is 2.47. The monoisotopic (exact) mass is 432 g/mol. The Labute approximate surface area is 144 Å². The van der Waals surface area contributed by atoms with Gasteiger partial charge in [0, 0.05) is 9.13 Å². The first-order valence-electron chi connectivity index (χ1n) is 6.01. The van der Waals surface area contributed by atoms with Crippen LogP contribution in [0.15, 0.2) is 36.4 Å². The molecule has 0 aliphatic carbocycles.